The van der Waals surface area contributed by atoms with Crippen molar-refractivity contribution in [3.63, 3.8) is 0 Å². The molecule has 0 aliphatic carbocycles. The summed E-state index contributed by atoms with van der Waals surface area (Å²) in [6.07, 6.45) is 1.80. The van der Waals surface area contributed by atoms with Crippen LogP contribution in [0.3, 0.4) is 0 Å². The summed E-state index contributed by atoms with van der Waals surface area (Å²) in [6, 6.07) is 2.18. The minimum atomic E-state index is -0.859. The monoisotopic (exact) mass is 272 g/mol. The van der Waals surface area contributed by atoms with E-state index in [0.717, 1.165) is 25.0 Å². The third-order valence-electron chi connectivity index (χ3n) is 2.49. The van der Waals surface area contributed by atoms with Crippen LogP contribution < -0.4 is 15.8 Å². The number of hydrogen-bond acceptors (Lipinski definition) is 3. The van der Waals surface area contributed by atoms with Gasteiger partial charge in [-0.3, -0.25) is 4.79 Å². The molecule has 3 N–H and O–H groups in total. The van der Waals surface area contributed by atoms with E-state index in [1.54, 1.807) is 0 Å². The quantitative estimate of drug-likeness (QED) is 0.743. The Balaban J connectivity index is 2.55. The molecule has 1 amide bonds. The summed E-state index contributed by atoms with van der Waals surface area (Å²) in [5.74, 6) is -2.68. The summed E-state index contributed by atoms with van der Waals surface area (Å²) < 4.78 is 31.9. The van der Waals surface area contributed by atoms with Gasteiger partial charge in [0.05, 0.1) is 0 Å². The smallest absolute Gasteiger partial charge is 0.257 e. The Morgan fingerprint density at radius 3 is 2.53 bits per heavy atom. The summed E-state index contributed by atoms with van der Waals surface area (Å²) in [6.45, 7) is 2.13. The van der Waals surface area contributed by atoms with Gasteiger partial charge in [0.15, 0.2) is 24.0 Å². The van der Waals surface area contributed by atoms with Gasteiger partial charge >= 0.3 is 0 Å². The molecular weight excluding hydrogens is 254 g/mol. The molecule has 0 aromatic heterocycles. The predicted molar refractivity (Wildman–Crippen MR) is 67.7 cm³/mol. The Hall–Kier alpha value is -1.69. The minimum absolute atomic E-state index is 0.0334. The van der Waals surface area contributed by atoms with Crippen LogP contribution in [0.25, 0.3) is 0 Å². The first-order valence-corrected chi connectivity index (χ1v) is 6.16. The molecule has 4 nitrogen and oxygen atoms in total. The molecule has 0 fully saturated rings. The molecule has 0 heterocycles. The highest BCUT2D eigenvalue weighted by Gasteiger charge is 2.13. The van der Waals surface area contributed by atoms with E-state index >= 15 is 0 Å². The maximum atomic E-state index is 13.5. The van der Waals surface area contributed by atoms with Gasteiger partial charge < -0.3 is 15.8 Å². The predicted octanol–water partition coefficient (Wildman–Crippen LogP) is 1.72. The van der Waals surface area contributed by atoms with Gasteiger partial charge in [-0.2, -0.15) is 0 Å². The summed E-state index contributed by atoms with van der Waals surface area (Å²) in [5, 5.41) is 2.59. The largest absolute Gasteiger partial charge is 0.478 e. The number of halogens is 2. The minimum Gasteiger partial charge on any atom is -0.478 e. The van der Waals surface area contributed by atoms with Gasteiger partial charge in [-0.1, -0.05) is 13.3 Å². The number of carbonyl (C=O) groups is 1. The van der Waals surface area contributed by atoms with E-state index in [4.69, 9.17) is 10.5 Å². The van der Waals surface area contributed by atoms with Crippen molar-refractivity contribution >= 4 is 5.91 Å². The molecule has 1 aromatic carbocycles. The van der Waals surface area contributed by atoms with Gasteiger partial charge in [0.25, 0.3) is 5.91 Å². The first-order chi connectivity index (χ1) is 9.08. The highest BCUT2D eigenvalue weighted by atomic mass is 19.1. The van der Waals surface area contributed by atoms with Crippen LogP contribution >= 0.6 is 0 Å². The molecular formula is C13H18F2N2O2. The fraction of sp³-hybridized carbons (Fsp3) is 0.462. The van der Waals surface area contributed by atoms with Gasteiger partial charge in [0.1, 0.15) is 0 Å². The number of rotatable bonds is 7. The molecule has 0 spiro atoms. The zero-order valence-corrected chi connectivity index (χ0v) is 10.8. The molecule has 0 radical (unpaired) electrons. The second-order valence-corrected chi connectivity index (χ2v) is 4.08. The molecule has 0 saturated heterocycles. The van der Waals surface area contributed by atoms with E-state index in [1.165, 1.54) is 0 Å². The lowest BCUT2D eigenvalue weighted by Gasteiger charge is -2.10. The Bertz CT molecular complexity index is 416. The van der Waals surface area contributed by atoms with Crippen molar-refractivity contribution < 1.29 is 18.3 Å². The number of nitrogens with one attached hydrogen (secondary N) is 1. The average molecular weight is 272 g/mol. The Morgan fingerprint density at radius 1 is 1.37 bits per heavy atom. The molecule has 0 saturated carbocycles. The zero-order chi connectivity index (χ0) is 14.3. The number of hydrogen-bond donors (Lipinski definition) is 2. The molecule has 6 heteroatoms. The summed E-state index contributed by atoms with van der Waals surface area (Å²) >= 11 is 0. The van der Waals surface area contributed by atoms with E-state index in [1.807, 2.05) is 6.92 Å². The van der Waals surface area contributed by atoms with Crippen LogP contribution in [-0.2, 0) is 11.3 Å². The van der Waals surface area contributed by atoms with E-state index in [0.29, 0.717) is 12.1 Å². The maximum Gasteiger partial charge on any atom is 0.257 e. The van der Waals surface area contributed by atoms with Crippen LogP contribution in [0, 0.1) is 11.6 Å². The van der Waals surface area contributed by atoms with E-state index in [2.05, 4.69) is 5.32 Å². The fourth-order valence-electron chi connectivity index (χ4n) is 1.46. The third kappa shape index (κ3) is 4.82. The van der Waals surface area contributed by atoms with Crippen LogP contribution in [0.15, 0.2) is 12.1 Å². The van der Waals surface area contributed by atoms with Crippen LogP contribution in [-0.4, -0.2) is 19.1 Å². The lowest BCUT2D eigenvalue weighted by atomic mass is 10.2. The van der Waals surface area contributed by atoms with Gasteiger partial charge in [0.2, 0.25) is 0 Å². The van der Waals surface area contributed by atoms with Crippen LogP contribution in [0.5, 0.6) is 5.75 Å². The molecule has 0 aliphatic heterocycles. The van der Waals surface area contributed by atoms with Crippen molar-refractivity contribution in [3.8, 4) is 5.75 Å². The highest BCUT2D eigenvalue weighted by molar-refractivity contribution is 5.77. The van der Waals surface area contributed by atoms with Gasteiger partial charge in [-0.25, -0.2) is 8.78 Å². The number of ether oxygens (including phenoxy) is 1. The van der Waals surface area contributed by atoms with Crippen LogP contribution in [0.4, 0.5) is 8.78 Å². The standard InChI is InChI=1S/C13H18F2N2O2/c1-2-3-4-17-12(18)8-19-13-10(14)5-9(7-16)6-11(13)15/h5-6H,2-4,7-8,16H2,1H3,(H,17,18). The molecule has 0 bridgehead atoms. The number of amides is 1. The second-order valence-electron chi connectivity index (χ2n) is 4.08. The fourth-order valence-corrected chi connectivity index (χ4v) is 1.46. The topological polar surface area (TPSA) is 64.3 Å². The van der Waals surface area contributed by atoms with Crippen molar-refractivity contribution in [3.05, 3.63) is 29.3 Å². The van der Waals surface area contributed by atoms with Gasteiger partial charge in [-0.05, 0) is 24.1 Å². The molecule has 1 aromatic rings. The number of unbranched alkanes of at least 4 members (excludes halogenated alkanes) is 1. The lowest BCUT2D eigenvalue weighted by Crippen LogP contribution is -2.29. The van der Waals surface area contributed by atoms with E-state index in [9.17, 15) is 13.6 Å². The van der Waals surface area contributed by atoms with Crippen molar-refractivity contribution in [1.82, 2.24) is 5.32 Å². The SMILES string of the molecule is CCCCNC(=O)COc1c(F)cc(CN)cc1F. The lowest BCUT2D eigenvalue weighted by molar-refractivity contribution is -0.123. The third-order valence-corrected chi connectivity index (χ3v) is 2.49. The first kappa shape index (κ1) is 15.4. The summed E-state index contributed by atoms with van der Waals surface area (Å²) in [4.78, 5) is 11.3. The second kappa shape index (κ2) is 7.68. The summed E-state index contributed by atoms with van der Waals surface area (Å²) in [5.41, 5.74) is 5.62. The molecule has 106 valence electrons. The van der Waals surface area contributed by atoms with Gasteiger partial charge in [0, 0.05) is 13.1 Å². The van der Waals surface area contributed by atoms with Crippen LogP contribution in [0.2, 0.25) is 0 Å². The maximum absolute atomic E-state index is 13.5. The van der Waals surface area contributed by atoms with Crippen LogP contribution in [0.1, 0.15) is 25.3 Å². The van der Waals surface area contributed by atoms with Gasteiger partial charge in [-0.15, -0.1) is 0 Å². The molecule has 0 aliphatic rings. The van der Waals surface area contributed by atoms with E-state index < -0.39 is 29.9 Å². The number of carbonyl (C=O) groups excluding carboxylic acids is 1. The van der Waals surface area contributed by atoms with Crippen molar-refractivity contribution in [2.45, 2.75) is 26.3 Å². The Kier molecular flexibility index (Phi) is 6.21. The van der Waals surface area contributed by atoms with Crippen molar-refractivity contribution in [2.24, 2.45) is 5.73 Å². The highest BCUT2D eigenvalue weighted by Crippen LogP contribution is 2.23. The molecule has 0 atom stereocenters. The normalized spacial score (nSPS) is 10.3. The molecule has 1 rings (SSSR count). The molecule has 19 heavy (non-hydrogen) atoms. The average Bonchev–Trinajstić information content (AvgIpc) is 2.37. The zero-order valence-electron chi connectivity index (χ0n) is 10.8. The number of nitrogens with two attached hydrogens (primary N) is 1. The molecule has 0 unspecified atom stereocenters. The van der Waals surface area contributed by atoms with Crippen molar-refractivity contribution in [2.75, 3.05) is 13.2 Å². The Labute approximate surface area is 110 Å². The first-order valence-electron chi connectivity index (χ1n) is 6.16. The van der Waals surface area contributed by atoms with E-state index in [-0.39, 0.29) is 6.54 Å². The Morgan fingerprint density at radius 2 is 2.00 bits per heavy atom. The number of benzene rings is 1. The summed E-state index contributed by atoms with van der Waals surface area (Å²) in [7, 11) is 0. The van der Waals surface area contributed by atoms with Crippen molar-refractivity contribution in [1.29, 1.82) is 0 Å².